The zero-order valence-electron chi connectivity index (χ0n) is 25.5. The van der Waals surface area contributed by atoms with Crippen molar-refractivity contribution in [3.63, 3.8) is 0 Å². The Hall–Kier alpha value is -4.46. The number of hydrogen-bond donors (Lipinski definition) is 2. The van der Waals surface area contributed by atoms with E-state index in [1.807, 2.05) is 48.1 Å². The van der Waals surface area contributed by atoms with E-state index < -0.39 is 0 Å². The minimum atomic E-state index is -0.272. The molecule has 1 fully saturated rings. The number of rotatable bonds is 8. The molecule has 0 saturated carbocycles. The standard InChI is InChI=1S/C33H37ClN10/c1-33(2,3)43-14-11-25(12-15-43)44-21-29(40-41-44)31(22-8-6-5-7-9-22)39-24-16-27-30(37-20-26-10-13-38-42(26)4)23(18-35)19-36-32(27)28(34)17-24/h5-10,13,16-17,19,21,25,31,39H,11-12,14-15,20H2,1-4H3,(H,36,37)/t31-/m0/s1. The van der Waals surface area contributed by atoms with Gasteiger partial charge in [-0.05, 0) is 57.4 Å². The molecule has 0 spiro atoms. The van der Waals surface area contributed by atoms with E-state index in [1.165, 1.54) is 0 Å². The highest BCUT2D eigenvalue weighted by Gasteiger charge is 2.29. The second kappa shape index (κ2) is 12.3. The summed E-state index contributed by atoms with van der Waals surface area (Å²) < 4.78 is 3.83. The highest BCUT2D eigenvalue weighted by molar-refractivity contribution is 6.35. The molecule has 1 aliphatic heterocycles. The van der Waals surface area contributed by atoms with E-state index in [0.29, 0.717) is 34.4 Å². The molecule has 2 aromatic carbocycles. The van der Waals surface area contributed by atoms with Crippen molar-refractivity contribution in [3.8, 4) is 6.07 Å². The van der Waals surface area contributed by atoms with Gasteiger partial charge < -0.3 is 10.6 Å². The molecule has 6 rings (SSSR count). The number of nitrogens with zero attached hydrogens (tertiary/aromatic N) is 8. The molecular weight excluding hydrogens is 572 g/mol. The number of halogens is 1. The number of likely N-dealkylation sites (tertiary alicyclic amines) is 1. The van der Waals surface area contributed by atoms with Crippen LogP contribution in [0.5, 0.6) is 0 Å². The van der Waals surface area contributed by atoms with Crippen molar-refractivity contribution >= 4 is 33.9 Å². The molecule has 0 unspecified atom stereocenters. The smallest absolute Gasteiger partial charge is 0.109 e. The van der Waals surface area contributed by atoms with E-state index in [2.05, 4.69) is 81.1 Å². The molecule has 1 atom stereocenters. The van der Waals surface area contributed by atoms with Crippen LogP contribution in [-0.4, -0.2) is 53.3 Å². The molecule has 2 N–H and O–H groups in total. The summed E-state index contributed by atoms with van der Waals surface area (Å²) >= 11 is 6.82. The van der Waals surface area contributed by atoms with Gasteiger partial charge in [0.25, 0.3) is 0 Å². The highest BCUT2D eigenvalue weighted by atomic mass is 35.5. The van der Waals surface area contributed by atoms with E-state index >= 15 is 0 Å². The van der Waals surface area contributed by atoms with Gasteiger partial charge in [0.15, 0.2) is 0 Å². The van der Waals surface area contributed by atoms with Gasteiger partial charge in [-0.1, -0.05) is 47.1 Å². The minimum absolute atomic E-state index is 0.166. The highest BCUT2D eigenvalue weighted by Crippen LogP contribution is 2.36. The van der Waals surface area contributed by atoms with Crippen LogP contribution in [0.3, 0.4) is 0 Å². The van der Waals surface area contributed by atoms with Crippen LogP contribution < -0.4 is 10.6 Å². The Kier molecular flexibility index (Phi) is 8.25. The lowest BCUT2D eigenvalue weighted by atomic mass is 9.98. The molecular formula is C33H37ClN10. The Morgan fingerprint density at radius 3 is 2.57 bits per heavy atom. The number of aryl methyl sites for hydroxylation is 1. The first-order chi connectivity index (χ1) is 21.2. The largest absolute Gasteiger partial charge is 0.378 e. The van der Waals surface area contributed by atoms with E-state index in [-0.39, 0.29) is 11.6 Å². The van der Waals surface area contributed by atoms with E-state index in [9.17, 15) is 5.26 Å². The fourth-order valence-corrected chi connectivity index (χ4v) is 6.18. The normalized spacial score (nSPS) is 15.3. The van der Waals surface area contributed by atoms with Crippen LogP contribution in [0.4, 0.5) is 11.4 Å². The van der Waals surface area contributed by atoms with Crippen LogP contribution in [0, 0.1) is 11.3 Å². The monoisotopic (exact) mass is 608 g/mol. The first kappa shape index (κ1) is 29.6. The third-order valence-electron chi connectivity index (χ3n) is 8.47. The van der Waals surface area contributed by atoms with Gasteiger partial charge in [-0.3, -0.25) is 14.6 Å². The summed E-state index contributed by atoms with van der Waals surface area (Å²) in [7, 11) is 1.89. The zero-order valence-corrected chi connectivity index (χ0v) is 26.3. The van der Waals surface area contributed by atoms with Gasteiger partial charge in [-0.15, -0.1) is 5.10 Å². The van der Waals surface area contributed by atoms with Crippen LogP contribution in [-0.2, 0) is 13.6 Å². The lowest BCUT2D eigenvalue weighted by Crippen LogP contribution is -2.46. The third-order valence-corrected chi connectivity index (χ3v) is 8.76. The van der Waals surface area contributed by atoms with Crippen molar-refractivity contribution in [3.05, 3.63) is 94.7 Å². The predicted octanol–water partition coefficient (Wildman–Crippen LogP) is 6.33. The molecule has 0 aliphatic carbocycles. The summed E-state index contributed by atoms with van der Waals surface area (Å²) in [6, 6.07) is 18.3. The molecule has 0 radical (unpaired) electrons. The molecule has 11 heteroatoms. The fourth-order valence-electron chi connectivity index (χ4n) is 5.91. The first-order valence-electron chi connectivity index (χ1n) is 14.9. The summed E-state index contributed by atoms with van der Waals surface area (Å²) in [5.74, 6) is 0. The molecule has 0 bridgehead atoms. The van der Waals surface area contributed by atoms with Gasteiger partial charge in [0.1, 0.15) is 11.8 Å². The topological polar surface area (TPSA) is 113 Å². The summed E-state index contributed by atoms with van der Waals surface area (Å²) in [4.78, 5) is 7.05. The summed E-state index contributed by atoms with van der Waals surface area (Å²) in [5.41, 5.74) is 5.54. The Labute approximate surface area is 262 Å². The molecule has 1 aliphatic rings. The maximum atomic E-state index is 9.92. The Bertz CT molecular complexity index is 1790. The van der Waals surface area contributed by atoms with E-state index in [4.69, 9.17) is 11.6 Å². The lowest BCUT2D eigenvalue weighted by Gasteiger charge is -2.40. The van der Waals surface area contributed by atoms with Crippen LogP contribution in [0.15, 0.2) is 67.1 Å². The number of nitriles is 1. The third kappa shape index (κ3) is 6.11. The Morgan fingerprint density at radius 1 is 1.11 bits per heavy atom. The van der Waals surface area contributed by atoms with Crippen LogP contribution in [0.2, 0.25) is 5.02 Å². The molecule has 10 nitrogen and oxygen atoms in total. The van der Waals surface area contributed by atoms with Crippen molar-refractivity contribution in [2.45, 2.75) is 57.8 Å². The number of nitrogens with one attached hydrogen (secondary N) is 2. The van der Waals surface area contributed by atoms with Gasteiger partial charge in [0.2, 0.25) is 0 Å². The summed E-state index contributed by atoms with van der Waals surface area (Å²) in [6.07, 6.45) is 7.45. The van der Waals surface area contributed by atoms with Gasteiger partial charge in [0, 0.05) is 49.1 Å². The van der Waals surface area contributed by atoms with E-state index in [1.54, 1.807) is 17.1 Å². The number of hydrogen-bond acceptors (Lipinski definition) is 8. The maximum Gasteiger partial charge on any atom is 0.109 e. The lowest BCUT2D eigenvalue weighted by molar-refractivity contribution is 0.0866. The maximum absolute atomic E-state index is 9.92. The quantitative estimate of drug-likeness (QED) is 0.210. The van der Waals surface area contributed by atoms with Crippen LogP contribution >= 0.6 is 11.6 Å². The SMILES string of the molecule is Cn1nccc1CNc1c(C#N)cnc2c(Cl)cc(N[C@@H](c3ccccc3)c3cn(C4CCN(C(C)(C)C)CC4)nn3)cc12. The van der Waals surface area contributed by atoms with Crippen molar-refractivity contribution < 1.29 is 0 Å². The Balaban J connectivity index is 1.32. The number of piperidine rings is 1. The average Bonchev–Trinajstić information content (AvgIpc) is 3.68. The van der Waals surface area contributed by atoms with Crippen molar-refractivity contribution in [2.24, 2.45) is 7.05 Å². The van der Waals surface area contributed by atoms with Gasteiger partial charge in [0.05, 0.1) is 52.3 Å². The van der Waals surface area contributed by atoms with Crippen LogP contribution in [0.25, 0.3) is 10.9 Å². The Morgan fingerprint density at radius 2 is 1.89 bits per heavy atom. The van der Waals surface area contributed by atoms with Gasteiger partial charge in [-0.25, -0.2) is 4.68 Å². The number of fused-ring (bicyclic) bond motifs is 1. The second-order valence-electron chi connectivity index (χ2n) is 12.3. The zero-order chi connectivity index (χ0) is 30.8. The molecule has 3 aromatic heterocycles. The first-order valence-corrected chi connectivity index (χ1v) is 15.3. The molecule has 4 heterocycles. The van der Waals surface area contributed by atoms with Crippen LogP contribution in [0.1, 0.15) is 68.2 Å². The molecule has 0 amide bonds. The summed E-state index contributed by atoms with van der Waals surface area (Å²) in [6.45, 7) is 9.38. The summed E-state index contributed by atoms with van der Waals surface area (Å²) in [5, 5.41) is 31.8. The van der Waals surface area contributed by atoms with Gasteiger partial charge in [-0.2, -0.15) is 10.4 Å². The van der Waals surface area contributed by atoms with Gasteiger partial charge >= 0.3 is 0 Å². The average molecular weight is 609 g/mol. The molecule has 226 valence electrons. The molecule has 1 saturated heterocycles. The number of aromatic nitrogens is 6. The van der Waals surface area contributed by atoms with Crippen molar-refractivity contribution in [1.29, 1.82) is 5.26 Å². The second-order valence-corrected chi connectivity index (χ2v) is 12.7. The number of pyridine rings is 1. The predicted molar refractivity (Wildman–Crippen MR) is 174 cm³/mol. The van der Waals surface area contributed by atoms with Crippen molar-refractivity contribution in [1.82, 2.24) is 34.7 Å². The van der Waals surface area contributed by atoms with Crippen molar-refractivity contribution in [2.75, 3.05) is 23.7 Å². The van der Waals surface area contributed by atoms with E-state index in [0.717, 1.165) is 54.0 Å². The number of anilines is 2. The number of benzene rings is 2. The minimum Gasteiger partial charge on any atom is -0.378 e. The fraction of sp³-hybridized carbons (Fsp3) is 0.364. The molecule has 44 heavy (non-hydrogen) atoms. The molecule has 5 aromatic rings.